The van der Waals surface area contributed by atoms with E-state index in [0.29, 0.717) is 17.3 Å². The van der Waals surface area contributed by atoms with E-state index in [2.05, 4.69) is 20.6 Å². The van der Waals surface area contributed by atoms with Gasteiger partial charge in [0.05, 0.1) is 33.6 Å². The van der Waals surface area contributed by atoms with Crippen LogP contribution in [0.2, 0.25) is 0 Å². The van der Waals surface area contributed by atoms with Crippen LogP contribution in [0.1, 0.15) is 20.9 Å². The predicted octanol–water partition coefficient (Wildman–Crippen LogP) is 3.81. The van der Waals surface area contributed by atoms with Gasteiger partial charge in [0.1, 0.15) is 21.9 Å². The number of carbonyl (C=O) groups is 2. The molecule has 8 nitrogen and oxygen atoms in total. The van der Waals surface area contributed by atoms with E-state index < -0.39 is 5.91 Å². The third kappa shape index (κ3) is 5.46. The van der Waals surface area contributed by atoms with E-state index in [-0.39, 0.29) is 28.6 Å². The minimum absolute atomic E-state index is 0.0141. The number of nitrogen functional groups attached to an aromatic ring is 1. The summed E-state index contributed by atoms with van der Waals surface area (Å²) in [5.41, 5.74) is 7.74. The van der Waals surface area contributed by atoms with Crippen LogP contribution in [0, 0.1) is 11.3 Å². The van der Waals surface area contributed by atoms with E-state index in [0.717, 1.165) is 27.0 Å². The Labute approximate surface area is 197 Å². The standard InChI is InChI=1S/C23H18N6O2S2/c24-11-14-10-16(22(31)27-15-6-2-1-3-7-15)21(25)29-23(14)32-13-19(30)26-12-20-28-17-8-4-5-9-18(17)33-20/h1-10H,12-13H2,(H2,25,29)(H,26,30)(H,27,31). The lowest BCUT2D eigenvalue weighted by atomic mass is 10.2. The van der Waals surface area contributed by atoms with Gasteiger partial charge in [0.25, 0.3) is 5.91 Å². The summed E-state index contributed by atoms with van der Waals surface area (Å²) in [6.45, 7) is 0.317. The van der Waals surface area contributed by atoms with Crippen molar-refractivity contribution in [2.24, 2.45) is 0 Å². The van der Waals surface area contributed by atoms with Crippen LogP contribution >= 0.6 is 23.1 Å². The lowest BCUT2D eigenvalue weighted by Gasteiger charge is -2.10. The maximum atomic E-state index is 12.5. The molecule has 0 saturated heterocycles. The zero-order chi connectivity index (χ0) is 23.2. The molecule has 0 aliphatic heterocycles. The maximum Gasteiger partial charge on any atom is 0.259 e. The first kappa shape index (κ1) is 22.3. The number of nitrogens with one attached hydrogen (secondary N) is 2. The number of nitrogens with two attached hydrogens (primary N) is 1. The molecule has 0 fully saturated rings. The Morgan fingerprint density at radius 2 is 1.85 bits per heavy atom. The van der Waals surface area contributed by atoms with Crippen molar-refractivity contribution in [3.05, 3.63) is 76.8 Å². The van der Waals surface area contributed by atoms with Gasteiger partial charge in [-0.1, -0.05) is 42.1 Å². The highest BCUT2D eigenvalue weighted by Crippen LogP contribution is 2.25. The van der Waals surface area contributed by atoms with Crippen LogP contribution in [0.3, 0.4) is 0 Å². The number of para-hydroxylation sites is 2. The molecule has 0 unspecified atom stereocenters. The molecule has 0 atom stereocenters. The molecule has 33 heavy (non-hydrogen) atoms. The Kier molecular flexibility index (Phi) is 6.83. The summed E-state index contributed by atoms with van der Waals surface area (Å²) in [5.74, 6) is -0.663. The monoisotopic (exact) mass is 474 g/mol. The van der Waals surface area contributed by atoms with E-state index >= 15 is 0 Å². The van der Waals surface area contributed by atoms with Crippen LogP contribution < -0.4 is 16.4 Å². The second-order valence-corrected chi connectivity index (χ2v) is 8.93. The Morgan fingerprint density at radius 3 is 2.61 bits per heavy atom. The summed E-state index contributed by atoms with van der Waals surface area (Å²) in [6, 6.07) is 20.1. The molecule has 164 valence electrons. The van der Waals surface area contributed by atoms with Crippen molar-refractivity contribution in [1.82, 2.24) is 15.3 Å². The van der Waals surface area contributed by atoms with Crippen LogP contribution in [0.4, 0.5) is 11.5 Å². The van der Waals surface area contributed by atoms with Gasteiger partial charge in [-0.2, -0.15) is 5.26 Å². The van der Waals surface area contributed by atoms with Gasteiger partial charge in [0.15, 0.2) is 0 Å². The minimum Gasteiger partial charge on any atom is -0.383 e. The first-order valence-electron chi connectivity index (χ1n) is 9.84. The number of carbonyl (C=O) groups excluding carboxylic acids is 2. The molecule has 0 saturated carbocycles. The number of fused-ring (bicyclic) bond motifs is 1. The number of nitriles is 1. The lowest BCUT2D eigenvalue weighted by molar-refractivity contribution is -0.118. The number of rotatable bonds is 7. The Balaban J connectivity index is 1.38. The highest BCUT2D eigenvalue weighted by molar-refractivity contribution is 8.00. The molecule has 0 spiro atoms. The van der Waals surface area contributed by atoms with Gasteiger partial charge in [-0.3, -0.25) is 9.59 Å². The van der Waals surface area contributed by atoms with Crippen LogP contribution in [-0.4, -0.2) is 27.5 Å². The molecule has 4 N–H and O–H groups in total. The number of thiazole rings is 1. The van der Waals surface area contributed by atoms with Crippen molar-refractivity contribution in [2.75, 3.05) is 16.8 Å². The molecule has 0 bridgehead atoms. The molecule has 2 aromatic carbocycles. The first-order chi connectivity index (χ1) is 16.0. The zero-order valence-electron chi connectivity index (χ0n) is 17.2. The average molecular weight is 475 g/mol. The number of hydrogen-bond acceptors (Lipinski definition) is 8. The Morgan fingerprint density at radius 1 is 1.09 bits per heavy atom. The number of amides is 2. The molecule has 0 aliphatic carbocycles. The van der Waals surface area contributed by atoms with Gasteiger partial charge < -0.3 is 16.4 Å². The summed E-state index contributed by atoms with van der Waals surface area (Å²) in [6.07, 6.45) is 0. The number of anilines is 2. The molecule has 2 amide bonds. The third-order valence-electron chi connectivity index (χ3n) is 4.53. The van der Waals surface area contributed by atoms with E-state index in [1.54, 1.807) is 24.3 Å². The van der Waals surface area contributed by atoms with E-state index in [9.17, 15) is 14.9 Å². The van der Waals surface area contributed by atoms with Gasteiger partial charge in [-0.15, -0.1) is 11.3 Å². The topological polar surface area (TPSA) is 134 Å². The van der Waals surface area contributed by atoms with Gasteiger partial charge in [0, 0.05) is 5.69 Å². The maximum absolute atomic E-state index is 12.5. The largest absolute Gasteiger partial charge is 0.383 e. The molecule has 2 heterocycles. The number of aromatic nitrogens is 2. The van der Waals surface area contributed by atoms with Gasteiger partial charge in [-0.25, -0.2) is 9.97 Å². The van der Waals surface area contributed by atoms with Crippen LogP contribution in [0.5, 0.6) is 0 Å². The molecule has 10 heteroatoms. The zero-order valence-corrected chi connectivity index (χ0v) is 18.9. The van der Waals surface area contributed by atoms with E-state index in [1.165, 1.54) is 17.4 Å². The number of pyridine rings is 1. The molecule has 2 aromatic heterocycles. The van der Waals surface area contributed by atoms with E-state index in [1.807, 2.05) is 36.4 Å². The Bertz CT molecular complexity index is 1330. The molecular weight excluding hydrogens is 456 g/mol. The van der Waals surface area contributed by atoms with Gasteiger partial charge in [-0.05, 0) is 30.3 Å². The van der Waals surface area contributed by atoms with Crippen molar-refractivity contribution in [2.45, 2.75) is 11.6 Å². The summed E-state index contributed by atoms with van der Waals surface area (Å²) >= 11 is 2.61. The number of thioether (sulfide) groups is 1. The molecule has 0 aliphatic rings. The fourth-order valence-electron chi connectivity index (χ4n) is 2.96. The highest BCUT2D eigenvalue weighted by atomic mass is 32.2. The number of benzene rings is 2. The second-order valence-electron chi connectivity index (χ2n) is 6.85. The van der Waals surface area contributed by atoms with E-state index in [4.69, 9.17) is 5.73 Å². The fourth-order valence-corrected chi connectivity index (χ4v) is 4.66. The minimum atomic E-state index is -0.465. The van der Waals surface area contributed by atoms with Crippen molar-refractivity contribution in [3.63, 3.8) is 0 Å². The smallest absolute Gasteiger partial charge is 0.259 e. The molecule has 4 aromatic rings. The SMILES string of the molecule is N#Cc1cc(C(=O)Nc2ccccc2)c(N)nc1SCC(=O)NCc1nc2ccccc2s1. The summed E-state index contributed by atoms with van der Waals surface area (Å²) in [4.78, 5) is 33.5. The fraction of sp³-hybridized carbons (Fsp3) is 0.0870. The quantitative estimate of drug-likeness (QED) is 0.347. The van der Waals surface area contributed by atoms with Crippen LogP contribution in [-0.2, 0) is 11.3 Å². The second kappa shape index (κ2) is 10.1. The lowest BCUT2D eigenvalue weighted by Crippen LogP contribution is -2.24. The summed E-state index contributed by atoms with van der Waals surface area (Å²) in [7, 11) is 0. The highest BCUT2D eigenvalue weighted by Gasteiger charge is 2.17. The molecular formula is C23H18N6O2S2. The predicted molar refractivity (Wildman–Crippen MR) is 130 cm³/mol. The third-order valence-corrected chi connectivity index (χ3v) is 6.56. The Hall–Kier alpha value is -3.94. The van der Waals surface area contributed by atoms with Crippen molar-refractivity contribution < 1.29 is 9.59 Å². The summed E-state index contributed by atoms with van der Waals surface area (Å²) in [5, 5.41) is 16.1. The number of hydrogen-bond donors (Lipinski definition) is 3. The van der Waals surface area contributed by atoms with Gasteiger partial charge >= 0.3 is 0 Å². The first-order valence-corrected chi connectivity index (χ1v) is 11.6. The number of nitrogens with zero attached hydrogens (tertiary/aromatic N) is 3. The molecule has 0 radical (unpaired) electrons. The van der Waals surface area contributed by atoms with Crippen molar-refractivity contribution >= 4 is 56.6 Å². The van der Waals surface area contributed by atoms with Crippen molar-refractivity contribution in [1.29, 1.82) is 5.26 Å². The molecule has 4 rings (SSSR count). The normalized spacial score (nSPS) is 10.5. The summed E-state index contributed by atoms with van der Waals surface area (Å²) < 4.78 is 1.06. The average Bonchev–Trinajstić information content (AvgIpc) is 3.25. The van der Waals surface area contributed by atoms with Crippen LogP contribution in [0.15, 0.2) is 65.7 Å². The van der Waals surface area contributed by atoms with Crippen molar-refractivity contribution in [3.8, 4) is 6.07 Å². The van der Waals surface area contributed by atoms with Crippen LogP contribution in [0.25, 0.3) is 10.2 Å². The van der Waals surface area contributed by atoms with Gasteiger partial charge in [0.2, 0.25) is 5.91 Å².